The number of hydrogen-bond donors (Lipinski definition) is 0. The number of rotatable bonds is 6. The summed E-state index contributed by atoms with van der Waals surface area (Å²) in [5.41, 5.74) is 13.5. The standard InChI is InChI=1S/C48H32N2/c1-3-15-33(16-4-1)35-27-37(45-23-11-13-25-49-45)31-39(29-35)47-41-19-7-9-21-43(41)48(44-22-10-8-20-42(44)47)40-30-36(34-17-5-2-6-18-34)28-38(32-40)46-24-12-14-26-50-46/h1-32H. The summed E-state index contributed by atoms with van der Waals surface area (Å²) in [7, 11) is 0. The van der Waals surface area contributed by atoms with Crippen molar-refractivity contribution < 1.29 is 0 Å². The highest BCUT2D eigenvalue weighted by Crippen LogP contribution is 2.46. The molecule has 0 saturated heterocycles. The summed E-state index contributed by atoms with van der Waals surface area (Å²) in [4.78, 5) is 9.52. The van der Waals surface area contributed by atoms with Gasteiger partial charge in [0.1, 0.15) is 0 Å². The largest absolute Gasteiger partial charge is 0.256 e. The number of pyridine rings is 2. The Balaban J connectivity index is 1.35. The van der Waals surface area contributed by atoms with E-state index in [2.05, 4.69) is 170 Å². The molecular weight excluding hydrogens is 605 g/mol. The predicted octanol–water partition coefficient (Wildman–Crippen LogP) is 12.8. The van der Waals surface area contributed by atoms with Gasteiger partial charge in [-0.1, -0.05) is 121 Å². The fraction of sp³-hybridized carbons (Fsp3) is 0. The van der Waals surface area contributed by atoms with Gasteiger partial charge in [-0.3, -0.25) is 9.97 Å². The van der Waals surface area contributed by atoms with E-state index in [0.29, 0.717) is 0 Å². The van der Waals surface area contributed by atoms with Crippen LogP contribution in [0.5, 0.6) is 0 Å². The first-order valence-electron chi connectivity index (χ1n) is 17.0. The molecule has 2 heterocycles. The van der Waals surface area contributed by atoms with Crippen LogP contribution in [0.3, 0.4) is 0 Å². The molecule has 0 atom stereocenters. The summed E-state index contributed by atoms with van der Waals surface area (Å²) >= 11 is 0. The van der Waals surface area contributed by atoms with E-state index in [4.69, 9.17) is 9.97 Å². The monoisotopic (exact) mass is 636 g/mol. The number of fused-ring (bicyclic) bond motifs is 2. The summed E-state index contributed by atoms with van der Waals surface area (Å²) in [5, 5.41) is 4.84. The van der Waals surface area contributed by atoms with Crippen molar-refractivity contribution in [3.63, 3.8) is 0 Å². The van der Waals surface area contributed by atoms with Crippen LogP contribution in [-0.4, -0.2) is 9.97 Å². The lowest BCUT2D eigenvalue weighted by molar-refractivity contribution is 1.33. The molecule has 0 aliphatic rings. The Bertz CT molecular complexity index is 2260. The molecule has 7 aromatic carbocycles. The molecule has 0 bridgehead atoms. The van der Waals surface area contributed by atoms with Crippen molar-refractivity contribution >= 4 is 21.5 Å². The molecule has 0 aliphatic heterocycles. The van der Waals surface area contributed by atoms with Crippen molar-refractivity contribution in [3.8, 4) is 67.0 Å². The Morgan fingerprint density at radius 1 is 0.240 bits per heavy atom. The van der Waals surface area contributed by atoms with Gasteiger partial charge in [0.15, 0.2) is 0 Å². The van der Waals surface area contributed by atoms with E-state index in [1.807, 2.05) is 24.5 Å². The van der Waals surface area contributed by atoms with Gasteiger partial charge in [0, 0.05) is 23.5 Å². The Morgan fingerprint density at radius 2 is 0.560 bits per heavy atom. The Kier molecular flexibility index (Phi) is 7.53. The lowest BCUT2D eigenvalue weighted by Gasteiger charge is -2.20. The van der Waals surface area contributed by atoms with Gasteiger partial charge in [-0.25, -0.2) is 0 Å². The third-order valence-corrected chi connectivity index (χ3v) is 9.51. The second-order valence-electron chi connectivity index (χ2n) is 12.6. The summed E-state index contributed by atoms with van der Waals surface area (Å²) in [6.45, 7) is 0. The van der Waals surface area contributed by atoms with Gasteiger partial charge in [0.05, 0.1) is 11.4 Å². The molecule has 50 heavy (non-hydrogen) atoms. The molecule has 0 aliphatic carbocycles. The first kappa shape index (κ1) is 29.5. The molecule has 0 amide bonds. The summed E-state index contributed by atoms with van der Waals surface area (Å²) in [5.74, 6) is 0. The highest BCUT2D eigenvalue weighted by molar-refractivity contribution is 6.22. The summed E-state index contributed by atoms with van der Waals surface area (Å²) < 4.78 is 0. The fourth-order valence-electron chi connectivity index (χ4n) is 7.25. The van der Waals surface area contributed by atoms with Gasteiger partial charge in [-0.2, -0.15) is 0 Å². The minimum atomic E-state index is 0.955. The number of nitrogens with zero attached hydrogens (tertiary/aromatic N) is 2. The number of aromatic nitrogens is 2. The van der Waals surface area contributed by atoms with Crippen LogP contribution in [-0.2, 0) is 0 Å². The maximum Gasteiger partial charge on any atom is 0.0702 e. The lowest BCUT2D eigenvalue weighted by Crippen LogP contribution is -1.94. The molecule has 0 fully saturated rings. The molecule has 2 heteroatoms. The Morgan fingerprint density at radius 3 is 0.920 bits per heavy atom. The average Bonchev–Trinajstić information content (AvgIpc) is 3.21. The van der Waals surface area contributed by atoms with Crippen LogP contribution >= 0.6 is 0 Å². The van der Waals surface area contributed by atoms with Gasteiger partial charge in [0.25, 0.3) is 0 Å². The normalized spacial score (nSPS) is 11.2. The van der Waals surface area contributed by atoms with Crippen LogP contribution in [0.15, 0.2) is 194 Å². The topological polar surface area (TPSA) is 25.8 Å². The zero-order valence-electron chi connectivity index (χ0n) is 27.4. The summed E-state index contributed by atoms with van der Waals surface area (Å²) in [6, 6.07) is 65.0. The molecule has 2 nitrogen and oxygen atoms in total. The van der Waals surface area contributed by atoms with E-state index in [1.165, 1.54) is 43.8 Å². The first-order chi connectivity index (χ1) is 24.8. The van der Waals surface area contributed by atoms with Crippen molar-refractivity contribution in [1.29, 1.82) is 0 Å². The van der Waals surface area contributed by atoms with Gasteiger partial charge in [0.2, 0.25) is 0 Å². The van der Waals surface area contributed by atoms with Crippen LogP contribution in [0, 0.1) is 0 Å². The van der Waals surface area contributed by atoms with Crippen molar-refractivity contribution in [2.24, 2.45) is 0 Å². The Labute approximate surface area is 292 Å². The van der Waals surface area contributed by atoms with Crippen molar-refractivity contribution in [2.45, 2.75) is 0 Å². The van der Waals surface area contributed by atoms with Crippen molar-refractivity contribution in [1.82, 2.24) is 9.97 Å². The van der Waals surface area contributed by atoms with Gasteiger partial charge >= 0.3 is 0 Å². The number of benzene rings is 7. The molecule has 0 spiro atoms. The first-order valence-corrected chi connectivity index (χ1v) is 17.0. The molecule has 0 saturated carbocycles. The SMILES string of the molecule is c1ccc(-c2cc(-c3ccccn3)cc(-c3c4ccccc4c(-c4cc(-c5ccccc5)cc(-c5ccccn5)c4)c4ccccc34)c2)cc1. The van der Waals surface area contributed by atoms with Crippen molar-refractivity contribution in [2.75, 3.05) is 0 Å². The zero-order valence-corrected chi connectivity index (χ0v) is 27.4. The second kappa shape index (κ2) is 12.8. The molecule has 9 aromatic rings. The zero-order chi connectivity index (χ0) is 33.3. The van der Waals surface area contributed by atoms with Crippen LogP contribution in [0.2, 0.25) is 0 Å². The second-order valence-corrected chi connectivity index (χ2v) is 12.6. The highest BCUT2D eigenvalue weighted by Gasteiger charge is 2.19. The average molecular weight is 637 g/mol. The molecule has 0 N–H and O–H groups in total. The van der Waals surface area contributed by atoms with E-state index in [0.717, 1.165) is 44.8 Å². The Hall–Kier alpha value is -6.64. The summed E-state index contributed by atoms with van der Waals surface area (Å²) in [6.07, 6.45) is 3.74. The molecule has 9 rings (SSSR count). The van der Waals surface area contributed by atoms with Crippen LogP contribution in [0.4, 0.5) is 0 Å². The van der Waals surface area contributed by atoms with E-state index in [1.54, 1.807) is 0 Å². The maximum absolute atomic E-state index is 4.76. The van der Waals surface area contributed by atoms with Crippen molar-refractivity contribution in [3.05, 3.63) is 194 Å². The van der Waals surface area contributed by atoms with Gasteiger partial charge < -0.3 is 0 Å². The van der Waals surface area contributed by atoms with E-state index < -0.39 is 0 Å². The van der Waals surface area contributed by atoms with E-state index in [9.17, 15) is 0 Å². The minimum Gasteiger partial charge on any atom is -0.256 e. The van der Waals surface area contributed by atoms with Gasteiger partial charge in [-0.05, 0) is 127 Å². The third kappa shape index (κ3) is 5.43. The smallest absolute Gasteiger partial charge is 0.0702 e. The van der Waals surface area contributed by atoms with E-state index in [-0.39, 0.29) is 0 Å². The van der Waals surface area contributed by atoms with Crippen LogP contribution in [0.1, 0.15) is 0 Å². The molecule has 0 radical (unpaired) electrons. The lowest BCUT2D eigenvalue weighted by atomic mass is 9.83. The van der Waals surface area contributed by atoms with E-state index >= 15 is 0 Å². The highest BCUT2D eigenvalue weighted by atomic mass is 14.7. The minimum absolute atomic E-state index is 0.955. The third-order valence-electron chi connectivity index (χ3n) is 9.51. The van der Waals surface area contributed by atoms with Gasteiger partial charge in [-0.15, -0.1) is 0 Å². The predicted molar refractivity (Wildman–Crippen MR) is 210 cm³/mol. The van der Waals surface area contributed by atoms with Crippen LogP contribution < -0.4 is 0 Å². The quantitative estimate of drug-likeness (QED) is 0.170. The molecule has 2 aromatic heterocycles. The molecular formula is C48H32N2. The van der Waals surface area contributed by atoms with Crippen LogP contribution in [0.25, 0.3) is 88.6 Å². The molecule has 234 valence electrons. The molecule has 0 unspecified atom stereocenters. The fourth-order valence-corrected chi connectivity index (χ4v) is 7.25. The maximum atomic E-state index is 4.76. The number of hydrogen-bond acceptors (Lipinski definition) is 2.